The van der Waals surface area contributed by atoms with Crippen molar-refractivity contribution in [1.29, 1.82) is 0 Å². The van der Waals surface area contributed by atoms with Crippen LogP contribution in [0.2, 0.25) is 0 Å². The van der Waals surface area contributed by atoms with Gasteiger partial charge in [0.25, 0.3) is 0 Å². The molecule has 3 rings (SSSR count). The fourth-order valence-electron chi connectivity index (χ4n) is 3.89. The Hall–Kier alpha value is -4.06. The summed E-state index contributed by atoms with van der Waals surface area (Å²) in [6, 6.07) is 19.7. The molecule has 0 aliphatic carbocycles. The number of hydrogen-bond acceptors (Lipinski definition) is 6. The molecule has 0 fully saturated rings. The van der Waals surface area contributed by atoms with E-state index in [-0.39, 0.29) is 0 Å². The molecule has 3 aromatic carbocycles. The van der Waals surface area contributed by atoms with Gasteiger partial charge in [0.05, 0.1) is 22.8 Å². The predicted molar refractivity (Wildman–Crippen MR) is 141 cm³/mol. The van der Waals surface area contributed by atoms with E-state index >= 15 is 0 Å². The van der Waals surface area contributed by atoms with Gasteiger partial charge < -0.3 is 9.68 Å². The Kier molecular flexibility index (Phi) is 8.46. The van der Waals surface area contributed by atoms with Crippen LogP contribution in [0.3, 0.4) is 0 Å². The summed E-state index contributed by atoms with van der Waals surface area (Å²) in [6.07, 6.45) is 2.63. The normalized spacial score (nSPS) is 12.5. The molecule has 0 N–H and O–H groups in total. The molecule has 0 heterocycles. The molecule has 0 amide bonds. The van der Waals surface area contributed by atoms with Crippen LogP contribution in [0.5, 0.6) is 0 Å². The van der Waals surface area contributed by atoms with Crippen LogP contribution in [-0.4, -0.2) is 24.2 Å². The Morgan fingerprint density at radius 1 is 0.588 bits per heavy atom. The third-order valence-electron chi connectivity index (χ3n) is 5.39. The van der Waals surface area contributed by atoms with Gasteiger partial charge in [0.15, 0.2) is 0 Å². The minimum atomic E-state index is 0.685. The van der Waals surface area contributed by atoms with Crippen molar-refractivity contribution in [3.8, 4) is 0 Å². The van der Waals surface area contributed by atoms with Crippen molar-refractivity contribution in [2.45, 2.75) is 41.5 Å². The average Bonchev–Trinajstić information content (AvgIpc) is 2.80. The van der Waals surface area contributed by atoms with Gasteiger partial charge >= 0.3 is 0 Å². The van der Waals surface area contributed by atoms with Crippen molar-refractivity contribution < 1.29 is 9.68 Å². The zero-order valence-corrected chi connectivity index (χ0v) is 20.5. The third kappa shape index (κ3) is 6.48. The van der Waals surface area contributed by atoms with Crippen molar-refractivity contribution >= 4 is 35.6 Å². The molecule has 0 aromatic heterocycles. The van der Waals surface area contributed by atoms with Gasteiger partial charge in [-0.15, -0.1) is 0 Å². The maximum atomic E-state index is 5.31. The summed E-state index contributed by atoms with van der Waals surface area (Å²) in [5, 5.41) is 8.34. The number of aliphatic imine (C=N–C) groups is 2. The van der Waals surface area contributed by atoms with Crippen molar-refractivity contribution in [3.05, 3.63) is 94.0 Å². The lowest BCUT2D eigenvalue weighted by molar-refractivity contribution is 0.345. The number of nitrogens with zero attached hydrogens (tertiary/aromatic N) is 4. The highest BCUT2D eigenvalue weighted by Crippen LogP contribution is 2.20. The second-order valence-corrected chi connectivity index (χ2v) is 8.09. The molecule has 34 heavy (non-hydrogen) atoms. The lowest BCUT2D eigenvalue weighted by atomic mass is 10.00. The Balaban J connectivity index is 1.60. The minimum Gasteiger partial charge on any atom is -0.344 e. The van der Waals surface area contributed by atoms with Crippen LogP contribution in [0.25, 0.3) is 0 Å². The standard InChI is InChI=1S/C28H30N4O2/c1-19-10-7-11-20(2)27(19)23(5)31-33-17-29-25-14-9-15-26(16-25)30-18-34-32-24(6)28-21(3)12-8-13-22(28)4/h7-18H,1-6H3/b29-17?,30-18?,31-23+,32-24+. The van der Waals surface area contributed by atoms with E-state index in [1.807, 2.05) is 50.2 Å². The first-order valence-corrected chi connectivity index (χ1v) is 11.1. The van der Waals surface area contributed by atoms with Crippen molar-refractivity contribution in [2.75, 3.05) is 0 Å². The van der Waals surface area contributed by atoms with Crippen LogP contribution in [0, 0.1) is 27.7 Å². The average molecular weight is 455 g/mol. The summed E-state index contributed by atoms with van der Waals surface area (Å²) in [5.74, 6) is 0. The Bertz CT molecular complexity index is 1140. The van der Waals surface area contributed by atoms with E-state index in [0.29, 0.717) is 11.4 Å². The lowest BCUT2D eigenvalue weighted by Crippen LogP contribution is -2.02. The van der Waals surface area contributed by atoms with E-state index in [4.69, 9.17) is 9.68 Å². The molecule has 0 aliphatic rings. The molecule has 0 aliphatic heterocycles. The van der Waals surface area contributed by atoms with Gasteiger partial charge in [0, 0.05) is 11.1 Å². The van der Waals surface area contributed by atoms with E-state index in [1.165, 1.54) is 12.8 Å². The smallest absolute Gasteiger partial charge is 0.212 e. The Labute approximate surface area is 201 Å². The summed E-state index contributed by atoms with van der Waals surface area (Å²) >= 11 is 0. The number of benzene rings is 3. The zero-order chi connectivity index (χ0) is 24.5. The molecule has 0 unspecified atom stereocenters. The molecule has 0 atom stereocenters. The van der Waals surface area contributed by atoms with E-state index in [1.54, 1.807) is 0 Å². The topological polar surface area (TPSA) is 67.9 Å². The van der Waals surface area contributed by atoms with Crippen molar-refractivity contribution in [1.82, 2.24) is 0 Å². The first-order valence-electron chi connectivity index (χ1n) is 11.1. The monoisotopic (exact) mass is 454 g/mol. The molecular weight excluding hydrogens is 424 g/mol. The molecule has 0 radical (unpaired) electrons. The SMILES string of the molecule is C/C(=N\OC=Nc1cccc(N=CO/N=C(\C)c2c(C)cccc2C)c1)c1c(C)cccc1C. The van der Waals surface area contributed by atoms with Crippen molar-refractivity contribution in [3.63, 3.8) is 0 Å². The number of hydrogen-bond donors (Lipinski definition) is 0. The van der Waals surface area contributed by atoms with Crippen LogP contribution in [0.1, 0.15) is 47.2 Å². The highest BCUT2D eigenvalue weighted by Gasteiger charge is 2.06. The van der Waals surface area contributed by atoms with Crippen LogP contribution < -0.4 is 0 Å². The van der Waals surface area contributed by atoms with Crippen molar-refractivity contribution in [2.24, 2.45) is 20.3 Å². The summed E-state index contributed by atoms with van der Waals surface area (Å²) in [5.41, 5.74) is 9.76. The maximum Gasteiger partial charge on any atom is 0.212 e. The molecule has 0 saturated heterocycles. The molecule has 3 aromatic rings. The second kappa shape index (κ2) is 11.7. The van der Waals surface area contributed by atoms with Gasteiger partial charge in [-0.05, 0) is 82.0 Å². The molecule has 0 saturated carbocycles. The van der Waals surface area contributed by atoms with E-state index < -0.39 is 0 Å². The van der Waals surface area contributed by atoms with Crippen LogP contribution in [0.15, 0.2) is 81.0 Å². The Morgan fingerprint density at radius 3 is 1.32 bits per heavy atom. The second-order valence-electron chi connectivity index (χ2n) is 8.09. The van der Waals surface area contributed by atoms with Gasteiger partial charge in [-0.3, -0.25) is 0 Å². The highest BCUT2D eigenvalue weighted by molar-refractivity contribution is 6.01. The first-order chi connectivity index (χ1) is 16.4. The molecule has 0 spiro atoms. The van der Waals surface area contributed by atoms with Gasteiger partial charge in [-0.2, -0.15) is 0 Å². The molecule has 0 bridgehead atoms. The maximum absolute atomic E-state index is 5.31. The quantitative estimate of drug-likeness (QED) is 0.206. The van der Waals surface area contributed by atoms with Gasteiger partial charge in [0.1, 0.15) is 0 Å². The molecule has 174 valence electrons. The highest BCUT2D eigenvalue weighted by atomic mass is 16.6. The summed E-state index contributed by atoms with van der Waals surface area (Å²) < 4.78 is 0. The summed E-state index contributed by atoms with van der Waals surface area (Å²) in [4.78, 5) is 19.2. The molecule has 6 heteroatoms. The number of aryl methyl sites for hydroxylation is 4. The van der Waals surface area contributed by atoms with Crippen LogP contribution in [0.4, 0.5) is 11.4 Å². The number of rotatable bonds is 8. The largest absolute Gasteiger partial charge is 0.344 e. The summed E-state index contributed by atoms with van der Waals surface area (Å²) in [6.45, 7) is 12.1. The minimum absolute atomic E-state index is 0.685. The molecular formula is C28H30N4O2. The number of oxime groups is 2. The van der Waals surface area contributed by atoms with Gasteiger partial charge in [-0.25, -0.2) is 9.98 Å². The zero-order valence-electron chi connectivity index (χ0n) is 20.5. The fourth-order valence-corrected chi connectivity index (χ4v) is 3.89. The lowest BCUT2D eigenvalue weighted by Gasteiger charge is -2.07. The summed E-state index contributed by atoms with van der Waals surface area (Å²) in [7, 11) is 0. The van der Waals surface area contributed by atoms with Gasteiger partial charge in [-0.1, -0.05) is 52.8 Å². The first kappa shape index (κ1) is 24.6. The predicted octanol–water partition coefficient (Wildman–Crippen LogP) is 7.12. The van der Waals surface area contributed by atoms with E-state index in [9.17, 15) is 0 Å². The van der Waals surface area contributed by atoms with Gasteiger partial charge in [0.2, 0.25) is 12.8 Å². The van der Waals surface area contributed by atoms with E-state index in [2.05, 4.69) is 72.3 Å². The fraction of sp³-hybridized carbons (Fsp3) is 0.214. The Morgan fingerprint density at radius 2 is 0.941 bits per heavy atom. The van der Waals surface area contributed by atoms with Crippen LogP contribution in [-0.2, 0) is 9.68 Å². The van der Waals surface area contributed by atoms with Crippen LogP contribution >= 0.6 is 0 Å². The molecule has 6 nitrogen and oxygen atoms in total. The van der Waals surface area contributed by atoms with E-state index in [0.717, 1.165) is 44.8 Å². The third-order valence-corrected chi connectivity index (χ3v) is 5.39.